The predicted octanol–water partition coefficient (Wildman–Crippen LogP) is 4.57. The average molecular weight is 465 g/mol. The number of benzene rings is 1. The van der Waals surface area contributed by atoms with Gasteiger partial charge in [-0.2, -0.15) is 4.80 Å². The zero-order chi connectivity index (χ0) is 21.5. The molecule has 0 atom stereocenters. The summed E-state index contributed by atoms with van der Waals surface area (Å²) >= 11 is 17.3. The number of nitrogens with zero attached hydrogens (tertiary/aromatic N) is 4. The number of furan rings is 1. The van der Waals surface area contributed by atoms with Crippen LogP contribution >= 0.6 is 35.4 Å². The number of nitrogens with one attached hydrogen (secondary N) is 2. The van der Waals surface area contributed by atoms with Crippen molar-refractivity contribution in [2.75, 3.05) is 5.32 Å². The number of amides is 1. The maximum absolute atomic E-state index is 12.1. The summed E-state index contributed by atoms with van der Waals surface area (Å²) in [4.78, 5) is 13.5. The van der Waals surface area contributed by atoms with Crippen LogP contribution in [0.15, 0.2) is 40.8 Å². The number of halogens is 2. The second-order valence-electron chi connectivity index (χ2n) is 6.14. The summed E-state index contributed by atoms with van der Waals surface area (Å²) in [7, 11) is 0. The van der Waals surface area contributed by atoms with Gasteiger partial charge in [0.25, 0.3) is 5.95 Å². The highest BCUT2D eigenvalue weighted by molar-refractivity contribution is 7.80. The van der Waals surface area contributed by atoms with E-state index in [1.165, 1.54) is 16.9 Å². The minimum atomic E-state index is -0.440. The lowest BCUT2D eigenvalue weighted by atomic mass is 10.2. The molecule has 2 aromatic heterocycles. The van der Waals surface area contributed by atoms with E-state index in [2.05, 4.69) is 33.0 Å². The van der Waals surface area contributed by atoms with Gasteiger partial charge in [-0.1, -0.05) is 47.7 Å². The normalized spacial score (nSPS) is 11.0. The molecule has 30 heavy (non-hydrogen) atoms. The third-order valence-electron chi connectivity index (χ3n) is 3.87. The zero-order valence-corrected chi connectivity index (χ0v) is 18.3. The largest absolute Gasteiger partial charge is 0.457 e. The molecule has 0 aliphatic carbocycles. The number of tetrazole rings is 1. The van der Waals surface area contributed by atoms with Gasteiger partial charge in [-0.25, -0.2) is 0 Å². The topological polar surface area (TPSA) is 97.9 Å². The summed E-state index contributed by atoms with van der Waals surface area (Å²) in [6.45, 7) is 2.74. The monoisotopic (exact) mass is 464 g/mol. The second-order valence-corrected chi connectivity index (χ2v) is 7.34. The molecule has 0 unspecified atom stereocenters. The van der Waals surface area contributed by atoms with Crippen molar-refractivity contribution in [3.05, 3.63) is 52.2 Å². The van der Waals surface area contributed by atoms with Gasteiger partial charge in [-0.15, -0.1) is 5.10 Å². The van der Waals surface area contributed by atoms with Gasteiger partial charge in [0.15, 0.2) is 5.11 Å². The molecule has 1 amide bonds. The van der Waals surface area contributed by atoms with Gasteiger partial charge in [0.2, 0.25) is 5.91 Å². The molecule has 2 N–H and O–H groups in total. The molecule has 0 saturated heterocycles. The highest BCUT2D eigenvalue weighted by atomic mass is 35.5. The molecule has 3 aromatic rings. The lowest BCUT2D eigenvalue weighted by molar-refractivity contribution is -0.115. The van der Waals surface area contributed by atoms with Crippen molar-refractivity contribution in [1.82, 2.24) is 25.5 Å². The van der Waals surface area contributed by atoms with Crippen molar-refractivity contribution in [1.29, 1.82) is 0 Å². The van der Waals surface area contributed by atoms with Crippen molar-refractivity contribution >= 4 is 58.5 Å². The lowest BCUT2D eigenvalue weighted by Gasteiger charge is -2.03. The van der Waals surface area contributed by atoms with Crippen LogP contribution in [0.5, 0.6) is 0 Å². The van der Waals surface area contributed by atoms with Gasteiger partial charge in [0, 0.05) is 11.6 Å². The van der Waals surface area contributed by atoms with Crippen molar-refractivity contribution in [2.24, 2.45) is 0 Å². The molecule has 0 aliphatic rings. The van der Waals surface area contributed by atoms with E-state index in [1.54, 1.807) is 30.3 Å². The molecule has 0 aliphatic heterocycles. The Hall–Kier alpha value is -2.75. The number of aromatic nitrogens is 4. The third-order valence-corrected chi connectivity index (χ3v) is 4.89. The fraction of sp³-hybridized carbons (Fsp3) is 0.211. The minimum absolute atomic E-state index is 0.0607. The van der Waals surface area contributed by atoms with Crippen LogP contribution in [0, 0.1) is 0 Å². The Morgan fingerprint density at radius 1 is 1.30 bits per heavy atom. The molecule has 2 heterocycles. The number of aryl methyl sites for hydroxylation is 1. The highest BCUT2D eigenvalue weighted by Crippen LogP contribution is 2.34. The van der Waals surface area contributed by atoms with Gasteiger partial charge >= 0.3 is 0 Å². The molecule has 11 heteroatoms. The predicted molar refractivity (Wildman–Crippen MR) is 120 cm³/mol. The Kier molecular flexibility index (Phi) is 7.56. The summed E-state index contributed by atoms with van der Waals surface area (Å²) in [6.07, 6.45) is 4.77. The summed E-state index contributed by atoms with van der Waals surface area (Å²) in [5.74, 6) is 0.784. The van der Waals surface area contributed by atoms with E-state index in [1.807, 2.05) is 0 Å². The molecular formula is C19H18Cl2N6O2S. The van der Waals surface area contributed by atoms with E-state index >= 15 is 0 Å². The van der Waals surface area contributed by atoms with E-state index < -0.39 is 5.91 Å². The van der Waals surface area contributed by atoms with Gasteiger partial charge < -0.3 is 4.42 Å². The number of thiocarbonyl (C=S) groups is 1. The van der Waals surface area contributed by atoms with Crippen LogP contribution in [0.1, 0.15) is 25.5 Å². The second kappa shape index (κ2) is 10.3. The number of unbranched alkanes of at least 4 members (excludes halogenated alkanes) is 1. The van der Waals surface area contributed by atoms with E-state index in [0.717, 1.165) is 12.8 Å². The highest BCUT2D eigenvalue weighted by Gasteiger charge is 2.11. The zero-order valence-electron chi connectivity index (χ0n) is 15.9. The van der Waals surface area contributed by atoms with Crippen LogP contribution in [0.25, 0.3) is 17.4 Å². The fourth-order valence-electron chi connectivity index (χ4n) is 2.41. The number of carbonyl (C=O) groups is 1. The van der Waals surface area contributed by atoms with E-state index in [-0.39, 0.29) is 11.1 Å². The number of anilines is 1. The van der Waals surface area contributed by atoms with E-state index in [0.29, 0.717) is 33.7 Å². The standard InChI is InChI=1S/C19H18Cl2N6O2S/c1-2-3-11-27-25-18(24-26-27)23-19(30)22-16(28)10-8-12-7-9-15(29-12)13-5-4-6-14(20)17(13)21/h4-10H,2-3,11H2,1H3,(H2,22,23,25,28,30)/b10-8+. The molecule has 1 aromatic carbocycles. The molecule has 8 nitrogen and oxygen atoms in total. The molecule has 0 spiro atoms. The van der Waals surface area contributed by atoms with Crippen molar-refractivity contribution in [3.63, 3.8) is 0 Å². The Labute approximate surface area is 188 Å². The average Bonchev–Trinajstić information content (AvgIpc) is 3.36. The van der Waals surface area contributed by atoms with Crippen molar-refractivity contribution in [2.45, 2.75) is 26.3 Å². The first-order valence-electron chi connectivity index (χ1n) is 9.08. The van der Waals surface area contributed by atoms with Crippen molar-refractivity contribution in [3.8, 4) is 11.3 Å². The van der Waals surface area contributed by atoms with Gasteiger partial charge in [0.1, 0.15) is 11.5 Å². The van der Waals surface area contributed by atoms with Crippen LogP contribution in [0.4, 0.5) is 5.95 Å². The number of hydrogen-bond acceptors (Lipinski definition) is 6. The Morgan fingerprint density at radius 2 is 2.13 bits per heavy atom. The van der Waals surface area contributed by atoms with Crippen LogP contribution in [0.2, 0.25) is 10.0 Å². The molecule has 0 radical (unpaired) electrons. The summed E-state index contributed by atoms with van der Waals surface area (Å²) in [5.41, 5.74) is 0.665. The Morgan fingerprint density at radius 3 is 2.93 bits per heavy atom. The SMILES string of the molecule is CCCCn1nnc(NC(=S)NC(=O)/C=C/c2ccc(-c3cccc(Cl)c3Cl)o2)n1. The molecule has 3 rings (SSSR count). The quantitative estimate of drug-likeness (QED) is 0.390. The maximum Gasteiger partial charge on any atom is 0.269 e. The maximum atomic E-state index is 12.1. The van der Waals surface area contributed by atoms with Crippen LogP contribution < -0.4 is 10.6 Å². The molecule has 156 valence electrons. The van der Waals surface area contributed by atoms with Gasteiger partial charge in [0.05, 0.1) is 16.6 Å². The Balaban J connectivity index is 1.54. The number of hydrogen-bond donors (Lipinski definition) is 2. The van der Waals surface area contributed by atoms with Gasteiger partial charge in [-0.05, 0) is 54.2 Å². The summed E-state index contributed by atoms with van der Waals surface area (Å²) in [6, 6.07) is 8.73. The van der Waals surface area contributed by atoms with Crippen molar-refractivity contribution < 1.29 is 9.21 Å². The number of rotatable bonds is 7. The summed E-state index contributed by atoms with van der Waals surface area (Å²) in [5, 5.41) is 18.0. The molecule has 0 saturated carbocycles. The first-order chi connectivity index (χ1) is 14.5. The lowest BCUT2D eigenvalue weighted by Crippen LogP contribution is -2.33. The Bertz CT molecular complexity index is 1080. The third kappa shape index (κ3) is 5.88. The van der Waals surface area contributed by atoms with E-state index in [9.17, 15) is 4.79 Å². The smallest absolute Gasteiger partial charge is 0.269 e. The first-order valence-corrected chi connectivity index (χ1v) is 10.2. The van der Waals surface area contributed by atoms with Crippen LogP contribution in [-0.4, -0.2) is 31.2 Å². The molecular weight excluding hydrogens is 447 g/mol. The fourth-order valence-corrected chi connectivity index (χ4v) is 3.00. The minimum Gasteiger partial charge on any atom is -0.457 e. The van der Waals surface area contributed by atoms with Crippen LogP contribution in [0.3, 0.4) is 0 Å². The van der Waals surface area contributed by atoms with Gasteiger partial charge in [-0.3, -0.25) is 15.4 Å². The van der Waals surface area contributed by atoms with Crippen LogP contribution in [-0.2, 0) is 11.3 Å². The van der Waals surface area contributed by atoms with E-state index in [4.69, 9.17) is 39.8 Å². The molecule has 0 fully saturated rings. The number of carbonyl (C=O) groups excluding carboxylic acids is 1. The molecule has 0 bridgehead atoms. The first kappa shape index (κ1) is 21.9. The summed E-state index contributed by atoms with van der Waals surface area (Å²) < 4.78 is 5.70.